The Hall–Kier alpha value is -5.31. The van der Waals surface area contributed by atoms with Crippen molar-refractivity contribution in [3.8, 4) is 5.75 Å². The number of aromatic hydroxyl groups is 1. The van der Waals surface area contributed by atoms with Crippen molar-refractivity contribution >= 4 is 50.8 Å². The second kappa shape index (κ2) is 11.6. The Balaban J connectivity index is 1.42. The van der Waals surface area contributed by atoms with Crippen LogP contribution in [0.2, 0.25) is 0 Å². The Morgan fingerprint density at radius 3 is 2.42 bits per heavy atom. The van der Waals surface area contributed by atoms with Crippen LogP contribution in [0.25, 0.3) is 21.7 Å². The number of nitrogens with one attached hydrogen (secondary N) is 2. The number of fused-ring (bicyclic) bond motifs is 2. The molecule has 2 amide bonds. The van der Waals surface area contributed by atoms with Gasteiger partial charge in [0.15, 0.2) is 5.96 Å². The van der Waals surface area contributed by atoms with E-state index < -0.39 is 0 Å². The molecule has 0 saturated carbocycles. The largest absolute Gasteiger partial charge is 0.508 e. The normalized spacial score (nSPS) is 10.9. The fourth-order valence-electron chi connectivity index (χ4n) is 4.74. The first-order chi connectivity index (χ1) is 19.4. The van der Waals surface area contributed by atoms with Gasteiger partial charge in [-0.15, -0.1) is 0 Å². The molecule has 0 radical (unpaired) electrons. The fourth-order valence-corrected chi connectivity index (χ4v) is 4.74. The van der Waals surface area contributed by atoms with Gasteiger partial charge in [-0.25, -0.2) is 0 Å². The minimum Gasteiger partial charge on any atom is -0.508 e. The lowest BCUT2D eigenvalue weighted by atomic mass is 10.1. The summed E-state index contributed by atoms with van der Waals surface area (Å²) in [5.41, 5.74) is 14.4. The highest BCUT2D eigenvalue weighted by Gasteiger charge is 2.17. The molecule has 40 heavy (non-hydrogen) atoms. The van der Waals surface area contributed by atoms with Crippen molar-refractivity contribution in [1.29, 1.82) is 0 Å². The fraction of sp³-hybridized carbons (Fsp3) is 0.129. The number of phenols is 1. The van der Waals surface area contributed by atoms with E-state index in [1.807, 2.05) is 71.3 Å². The minimum atomic E-state index is -0.243. The van der Waals surface area contributed by atoms with Crippen LogP contribution in [-0.2, 0) is 17.8 Å². The van der Waals surface area contributed by atoms with Crippen LogP contribution in [0, 0.1) is 0 Å². The maximum atomic E-state index is 13.6. The molecule has 7 N–H and O–H groups in total. The molecule has 0 aliphatic carbocycles. The Bertz CT molecular complexity index is 1710. The topological polar surface area (TPSA) is 148 Å². The lowest BCUT2D eigenvalue weighted by Crippen LogP contribution is -2.23. The average molecular weight is 535 g/mol. The highest BCUT2D eigenvalue weighted by molar-refractivity contribution is 6.10. The van der Waals surface area contributed by atoms with Gasteiger partial charge in [-0.3, -0.25) is 14.6 Å². The van der Waals surface area contributed by atoms with Gasteiger partial charge < -0.3 is 31.8 Å². The SMILES string of the molecule is NC(N)=NCCCn1c(C(=O)Nc2cccc3ccccc23)cc2cc(NC(=O)Cc3ccc(O)cc3)ccc21. The number of aryl methyl sites for hydroxylation is 1. The van der Waals surface area contributed by atoms with Crippen LogP contribution >= 0.6 is 0 Å². The number of aliphatic imine (C=N–C) groups is 1. The molecule has 0 spiro atoms. The van der Waals surface area contributed by atoms with E-state index in [0.29, 0.717) is 30.9 Å². The van der Waals surface area contributed by atoms with Gasteiger partial charge >= 0.3 is 0 Å². The zero-order valence-corrected chi connectivity index (χ0v) is 21.8. The smallest absolute Gasteiger partial charge is 0.272 e. The number of carbonyl (C=O) groups excluding carboxylic acids is 2. The molecule has 0 aliphatic rings. The minimum absolute atomic E-state index is 0.0268. The number of nitrogens with zero attached hydrogens (tertiary/aromatic N) is 2. The molecule has 5 rings (SSSR count). The molecular weight excluding hydrogens is 504 g/mol. The van der Waals surface area contributed by atoms with Crippen LogP contribution in [-0.4, -0.2) is 34.0 Å². The lowest BCUT2D eigenvalue weighted by Gasteiger charge is -2.12. The highest BCUT2D eigenvalue weighted by Crippen LogP contribution is 2.27. The number of benzene rings is 4. The van der Waals surface area contributed by atoms with Gasteiger partial charge in [0.05, 0.1) is 6.42 Å². The third kappa shape index (κ3) is 6.05. The van der Waals surface area contributed by atoms with Crippen LogP contribution in [0.4, 0.5) is 11.4 Å². The first-order valence-electron chi connectivity index (χ1n) is 12.9. The molecule has 9 nitrogen and oxygen atoms in total. The van der Waals surface area contributed by atoms with Gasteiger partial charge in [0.2, 0.25) is 5.91 Å². The predicted molar refractivity (Wildman–Crippen MR) is 160 cm³/mol. The van der Waals surface area contributed by atoms with Crippen LogP contribution < -0.4 is 22.1 Å². The summed E-state index contributed by atoms with van der Waals surface area (Å²) in [6, 6.07) is 27.6. The number of hydrogen-bond acceptors (Lipinski definition) is 4. The standard InChI is InChI=1S/C31H30N6O3/c32-31(33)34-15-4-16-37-27-14-11-23(35-29(39)17-20-9-12-24(38)13-10-20)18-22(27)19-28(37)30(40)36-26-8-3-6-21-5-1-2-7-25(21)26/h1-3,5-14,18-19,38H,4,15-17H2,(H,35,39)(H,36,40)(H4,32,33,34). The van der Waals surface area contributed by atoms with Crippen molar-refractivity contribution in [2.45, 2.75) is 19.4 Å². The molecule has 5 aromatic rings. The first-order valence-corrected chi connectivity index (χ1v) is 12.9. The van der Waals surface area contributed by atoms with E-state index in [-0.39, 0.29) is 29.9 Å². The molecule has 0 unspecified atom stereocenters. The van der Waals surface area contributed by atoms with Crippen LogP contribution in [0.15, 0.2) is 96.0 Å². The Labute approximate surface area is 231 Å². The van der Waals surface area contributed by atoms with Crippen LogP contribution in [0.5, 0.6) is 5.75 Å². The summed E-state index contributed by atoms with van der Waals surface area (Å²) in [7, 11) is 0. The van der Waals surface area contributed by atoms with Gasteiger partial charge in [-0.1, -0.05) is 48.5 Å². The number of phenolic OH excluding ortho intramolecular Hbond substituents is 1. The number of anilines is 2. The molecule has 4 aromatic carbocycles. The van der Waals surface area contributed by atoms with Gasteiger partial charge in [-0.2, -0.15) is 0 Å². The van der Waals surface area contributed by atoms with Crippen LogP contribution in [0.3, 0.4) is 0 Å². The lowest BCUT2D eigenvalue weighted by molar-refractivity contribution is -0.115. The van der Waals surface area contributed by atoms with Gasteiger partial charge in [0.25, 0.3) is 5.91 Å². The number of guanidine groups is 1. The Kier molecular flexibility index (Phi) is 7.63. The summed E-state index contributed by atoms with van der Waals surface area (Å²) >= 11 is 0. The molecular formula is C31H30N6O3. The molecule has 9 heteroatoms. The number of hydrogen-bond donors (Lipinski definition) is 5. The van der Waals surface area contributed by atoms with Crippen LogP contribution in [0.1, 0.15) is 22.5 Å². The first kappa shape index (κ1) is 26.3. The molecule has 1 aromatic heterocycles. The Morgan fingerprint density at radius 1 is 0.850 bits per heavy atom. The third-order valence-electron chi connectivity index (χ3n) is 6.59. The van der Waals surface area contributed by atoms with Crippen molar-refractivity contribution in [2.24, 2.45) is 16.5 Å². The molecule has 0 aliphatic heterocycles. The number of carbonyl (C=O) groups is 2. The van der Waals surface area contributed by atoms with E-state index in [1.165, 1.54) is 0 Å². The zero-order valence-electron chi connectivity index (χ0n) is 21.8. The predicted octanol–water partition coefficient (Wildman–Crippen LogP) is 4.60. The maximum Gasteiger partial charge on any atom is 0.272 e. The van der Waals surface area contributed by atoms with Crippen molar-refractivity contribution in [3.63, 3.8) is 0 Å². The van der Waals surface area contributed by atoms with E-state index in [1.54, 1.807) is 24.3 Å². The van der Waals surface area contributed by atoms with Crippen molar-refractivity contribution in [1.82, 2.24) is 4.57 Å². The van der Waals surface area contributed by atoms with Gasteiger partial charge in [-0.05, 0) is 59.8 Å². The molecule has 0 fully saturated rings. The van der Waals surface area contributed by atoms with Gasteiger partial charge in [0, 0.05) is 40.8 Å². The number of amides is 2. The summed E-state index contributed by atoms with van der Waals surface area (Å²) in [6.07, 6.45) is 0.796. The van der Waals surface area contributed by atoms with Crippen molar-refractivity contribution in [2.75, 3.05) is 17.2 Å². The summed E-state index contributed by atoms with van der Waals surface area (Å²) < 4.78 is 1.94. The quantitative estimate of drug-likeness (QED) is 0.107. The van der Waals surface area contributed by atoms with E-state index in [4.69, 9.17) is 11.5 Å². The maximum absolute atomic E-state index is 13.6. The summed E-state index contributed by atoms with van der Waals surface area (Å²) in [5, 5.41) is 18.3. The second-order valence-corrected chi connectivity index (χ2v) is 9.49. The summed E-state index contributed by atoms with van der Waals surface area (Å²) in [6.45, 7) is 0.947. The van der Waals surface area contributed by atoms with Crippen molar-refractivity contribution < 1.29 is 14.7 Å². The van der Waals surface area contributed by atoms with E-state index in [2.05, 4.69) is 15.6 Å². The summed E-state index contributed by atoms with van der Waals surface area (Å²) in [4.78, 5) is 30.3. The van der Waals surface area contributed by atoms with Gasteiger partial charge in [0.1, 0.15) is 11.4 Å². The zero-order chi connectivity index (χ0) is 28.1. The molecule has 1 heterocycles. The monoisotopic (exact) mass is 534 g/mol. The number of rotatable bonds is 9. The second-order valence-electron chi connectivity index (χ2n) is 9.49. The van der Waals surface area contributed by atoms with Crippen molar-refractivity contribution in [3.05, 3.63) is 102 Å². The van der Waals surface area contributed by atoms with E-state index in [0.717, 1.165) is 32.9 Å². The molecule has 0 bridgehead atoms. The average Bonchev–Trinajstić information content (AvgIpc) is 3.30. The Morgan fingerprint density at radius 2 is 1.62 bits per heavy atom. The number of aromatic nitrogens is 1. The molecule has 202 valence electrons. The highest BCUT2D eigenvalue weighted by atomic mass is 16.3. The third-order valence-corrected chi connectivity index (χ3v) is 6.59. The van der Waals surface area contributed by atoms with E-state index >= 15 is 0 Å². The number of nitrogens with two attached hydrogens (primary N) is 2. The molecule has 0 atom stereocenters. The summed E-state index contributed by atoms with van der Waals surface area (Å²) in [5.74, 6) is -0.250. The molecule has 0 saturated heterocycles. The van der Waals surface area contributed by atoms with E-state index in [9.17, 15) is 14.7 Å².